The molecule has 1 atom stereocenters. The zero-order valence-electron chi connectivity index (χ0n) is 7.10. The van der Waals surface area contributed by atoms with Gasteiger partial charge in [-0.25, -0.2) is 4.39 Å². The Balaban J connectivity index is 2.48. The molecule has 4 heteroatoms. The molecule has 70 valence electrons. The summed E-state index contributed by atoms with van der Waals surface area (Å²) in [6, 6.07) is 2.56. The van der Waals surface area contributed by atoms with Crippen molar-refractivity contribution in [3.63, 3.8) is 0 Å². The van der Waals surface area contributed by atoms with Crippen molar-refractivity contribution in [1.82, 2.24) is 0 Å². The van der Waals surface area contributed by atoms with E-state index in [0.717, 1.165) is 6.07 Å². The van der Waals surface area contributed by atoms with Crippen LogP contribution >= 0.6 is 0 Å². The minimum atomic E-state index is -0.920. The van der Waals surface area contributed by atoms with E-state index in [1.807, 2.05) is 0 Å². The van der Waals surface area contributed by atoms with Gasteiger partial charge in [0.25, 0.3) is 0 Å². The molecular formula is C9H9F2NO. The minimum Gasteiger partial charge on any atom is -0.484 e. The molecule has 1 aromatic carbocycles. The smallest absolute Gasteiger partial charge is 0.202 e. The van der Waals surface area contributed by atoms with Gasteiger partial charge < -0.3 is 10.1 Å². The molecule has 2 nitrogen and oxygen atoms in total. The van der Waals surface area contributed by atoms with Gasteiger partial charge in [-0.3, -0.25) is 0 Å². The summed E-state index contributed by atoms with van der Waals surface area (Å²) in [6.45, 7) is 2.40. The van der Waals surface area contributed by atoms with E-state index < -0.39 is 11.6 Å². The number of fused-ring (bicyclic) bond motifs is 1. The highest BCUT2D eigenvalue weighted by molar-refractivity contribution is 5.58. The van der Waals surface area contributed by atoms with Gasteiger partial charge in [0.1, 0.15) is 6.10 Å². The van der Waals surface area contributed by atoms with Gasteiger partial charge in [-0.1, -0.05) is 0 Å². The molecule has 0 spiro atoms. The van der Waals surface area contributed by atoms with Crippen LogP contribution in [0.1, 0.15) is 6.92 Å². The molecule has 0 saturated heterocycles. The highest BCUT2D eigenvalue weighted by Gasteiger charge is 2.21. The van der Waals surface area contributed by atoms with E-state index in [1.165, 1.54) is 6.07 Å². The highest BCUT2D eigenvalue weighted by atomic mass is 19.2. The number of ether oxygens (including phenoxy) is 1. The summed E-state index contributed by atoms with van der Waals surface area (Å²) < 4.78 is 31.0. The van der Waals surface area contributed by atoms with E-state index in [2.05, 4.69) is 5.32 Å². The summed E-state index contributed by atoms with van der Waals surface area (Å²) in [5, 5.41) is 2.95. The van der Waals surface area contributed by atoms with E-state index in [0.29, 0.717) is 12.2 Å². The van der Waals surface area contributed by atoms with E-state index in [9.17, 15) is 8.78 Å². The third-order valence-electron chi connectivity index (χ3n) is 1.95. The quantitative estimate of drug-likeness (QED) is 0.668. The highest BCUT2D eigenvalue weighted by Crippen LogP contribution is 2.32. The number of hydrogen-bond donors (Lipinski definition) is 1. The van der Waals surface area contributed by atoms with Gasteiger partial charge in [-0.2, -0.15) is 4.39 Å². The fourth-order valence-electron chi connectivity index (χ4n) is 1.28. The third-order valence-corrected chi connectivity index (χ3v) is 1.95. The summed E-state index contributed by atoms with van der Waals surface area (Å²) in [5.74, 6) is -1.81. The number of anilines is 1. The first-order valence-electron chi connectivity index (χ1n) is 4.07. The van der Waals surface area contributed by atoms with Crippen LogP contribution < -0.4 is 10.1 Å². The largest absolute Gasteiger partial charge is 0.484 e. The van der Waals surface area contributed by atoms with Crippen molar-refractivity contribution < 1.29 is 13.5 Å². The molecule has 0 saturated carbocycles. The maximum Gasteiger partial charge on any atom is 0.202 e. The monoisotopic (exact) mass is 185 g/mol. The Morgan fingerprint density at radius 3 is 3.00 bits per heavy atom. The van der Waals surface area contributed by atoms with E-state index >= 15 is 0 Å². The fraction of sp³-hybridized carbons (Fsp3) is 0.333. The Bertz CT molecular complexity index is 341. The molecule has 0 aromatic heterocycles. The summed E-state index contributed by atoms with van der Waals surface area (Å²) >= 11 is 0. The van der Waals surface area contributed by atoms with Crippen LogP contribution in [0, 0.1) is 11.6 Å². The topological polar surface area (TPSA) is 21.3 Å². The molecule has 1 unspecified atom stereocenters. The van der Waals surface area contributed by atoms with Crippen LogP contribution in [0.25, 0.3) is 0 Å². The fourth-order valence-corrected chi connectivity index (χ4v) is 1.28. The molecule has 1 aliphatic heterocycles. The van der Waals surface area contributed by atoms with Crippen LogP contribution in [0.2, 0.25) is 0 Å². The Hall–Kier alpha value is -1.32. The lowest BCUT2D eigenvalue weighted by molar-refractivity contribution is 0.212. The molecule has 0 amide bonds. The maximum absolute atomic E-state index is 13.1. The lowest BCUT2D eigenvalue weighted by atomic mass is 10.2. The molecule has 0 bridgehead atoms. The lowest BCUT2D eigenvalue weighted by Crippen LogP contribution is -2.28. The molecule has 2 rings (SSSR count). The zero-order valence-corrected chi connectivity index (χ0v) is 7.10. The summed E-state index contributed by atoms with van der Waals surface area (Å²) in [7, 11) is 0. The number of benzene rings is 1. The van der Waals surface area contributed by atoms with Crippen molar-refractivity contribution >= 4 is 5.69 Å². The van der Waals surface area contributed by atoms with Gasteiger partial charge in [-0.15, -0.1) is 0 Å². The van der Waals surface area contributed by atoms with Crippen LogP contribution in [-0.2, 0) is 0 Å². The van der Waals surface area contributed by atoms with Gasteiger partial charge in [0.05, 0.1) is 12.2 Å². The van der Waals surface area contributed by atoms with Crippen LogP contribution in [-0.4, -0.2) is 12.6 Å². The van der Waals surface area contributed by atoms with Gasteiger partial charge in [0.15, 0.2) is 11.6 Å². The van der Waals surface area contributed by atoms with Crippen LogP contribution in [0.4, 0.5) is 14.5 Å². The molecule has 1 heterocycles. The summed E-state index contributed by atoms with van der Waals surface area (Å²) in [5.41, 5.74) is 0.511. The standard InChI is InChI=1S/C9H9F2NO/c1-5-4-12-7-3-2-6(10)8(11)9(7)13-5/h2-3,5,12H,4H2,1H3. The van der Waals surface area contributed by atoms with Crippen molar-refractivity contribution in [1.29, 1.82) is 0 Å². The zero-order chi connectivity index (χ0) is 9.42. The number of hydrogen-bond acceptors (Lipinski definition) is 2. The molecule has 0 aliphatic carbocycles. The predicted octanol–water partition coefficient (Wildman–Crippen LogP) is 2.16. The van der Waals surface area contributed by atoms with Crippen molar-refractivity contribution in [2.75, 3.05) is 11.9 Å². The van der Waals surface area contributed by atoms with Crippen molar-refractivity contribution in [2.45, 2.75) is 13.0 Å². The van der Waals surface area contributed by atoms with E-state index in [4.69, 9.17) is 4.74 Å². The number of rotatable bonds is 0. The Labute approximate surface area is 74.5 Å². The average molecular weight is 185 g/mol. The lowest BCUT2D eigenvalue weighted by Gasteiger charge is -2.24. The first-order valence-corrected chi connectivity index (χ1v) is 4.07. The molecular weight excluding hydrogens is 176 g/mol. The predicted molar refractivity (Wildman–Crippen MR) is 44.9 cm³/mol. The SMILES string of the molecule is CC1CNc2ccc(F)c(F)c2O1. The molecule has 1 aliphatic rings. The van der Waals surface area contributed by atoms with Gasteiger partial charge in [0, 0.05) is 0 Å². The Morgan fingerprint density at radius 2 is 2.23 bits per heavy atom. The molecule has 1 N–H and O–H groups in total. The first-order chi connectivity index (χ1) is 6.18. The van der Waals surface area contributed by atoms with Gasteiger partial charge in [-0.05, 0) is 19.1 Å². The second-order valence-electron chi connectivity index (χ2n) is 3.05. The van der Waals surface area contributed by atoms with Gasteiger partial charge in [0.2, 0.25) is 5.82 Å². The van der Waals surface area contributed by atoms with E-state index in [1.54, 1.807) is 6.92 Å². The van der Waals surface area contributed by atoms with E-state index in [-0.39, 0.29) is 11.9 Å². The Kier molecular flexibility index (Phi) is 1.83. The second kappa shape index (κ2) is 2.87. The molecule has 0 fully saturated rings. The average Bonchev–Trinajstić information content (AvgIpc) is 2.12. The van der Waals surface area contributed by atoms with Crippen molar-refractivity contribution in [3.8, 4) is 5.75 Å². The second-order valence-corrected chi connectivity index (χ2v) is 3.05. The van der Waals surface area contributed by atoms with Gasteiger partial charge >= 0.3 is 0 Å². The minimum absolute atomic E-state index is 0.0150. The molecule has 13 heavy (non-hydrogen) atoms. The number of nitrogens with one attached hydrogen (secondary N) is 1. The van der Waals surface area contributed by atoms with Crippen molar-refractivity contribution in [3.05, 3.63) is 23.8 Å². The van der Waals surface area contributed by atoms with Crippen molar-refractivity contribution in [2.24, 2.45) is 0 Å². The normalized spacial score (nSPS) is 20.1. The molecule has 0 radical (unpaired) electrons. The maximum atomic E-state index is 13.1. The summed E-state index contributed by atoms with van der Waals surface area (Å²) in [6.07, 6.45) is -0.135. The third kappa shape index (κ3) is 1.32. The van der Waals surface area contributed by atoms with Crippen LogP contribution in [0.5, 0.6) is 5.75 Å². The van der Waals surface area contributed by atoms with Crippen LogP contribution in [0.3, 0.4) is 0 Å². The van der Waals surface area contributed by atoms with Crippen LogP contribution in [0.15, 0.2) is 12.1 Å². The number of halogens is 2. The first kappa shape index (κ1) is 8.29. The molecule has 1 aromatic rings. The Morgan fingerprint density at radius 1 is 1.46 bits per heavy atom. The summed E-state index contributed by atoms with van der Waals surface area (Å²) in [4.78, 5) is 0.